The molecular weight excluding hydrogens is 260 g/mol. The molecule has 1 aliphatic carbocycles. The molecule has 0 heterocycles. The lowest BCUT2D eigenvalue weighted by Crippen LogP contribution is -2.51. The Balaban J connectivity index is 2.39. The molecule has 0 atom stereocenters. The van der Waals surface area contributed by atoms with Gasteiger partial charge < -0.3 is 9.47 Å². The summed E-state index contributed by atoms with van der Waals surface area (Å²) in [7, 11) is 3.54. The fourth-order valence-corrected chi connectivity index (χ4v) is 3.69. The third kappa shape index (κ3) is 1.79. The number of methoxy groups -OCH3 is 2. The Morgan fingerprint density at radius 3 is 1.76 bits per heavy atom. The Morgan fingerprint density at radius 1 is 0.857 bits per heavy atom. The van der Waals surface area contributed by atoms with Crippen LogP contribution in [0.1, 0.15) is 25.0 Å². The lowest BCUT2D eigenvalue weighted by molar-refractivity contribution is -0.0558. The van der Waals surface area contributed by atoms with Crippen molar-refractivity contribution in [1.29, 1.82) is 0 Å². The highest BCUT2D eigenvalue weighted by Gasteiger charge is 2.53. The summed E-state index contributed by atoms with van der Waals surface area (Å²) in [5.74, 6) is 0. The van der Waals surface area contributed by atoms with Crippen molar-refractivity contribution in [2.24, 2.45) is 0 Å². The molecule has 21 heavy (non-hydrogen) atoms. The minimum atomic E-state index is -0.369. The Morgan fingerprint density at radius 2 is 1.33 bits per heavy atom. The van der Waals surface area contributed by atoms with Gasteiger partial charge in [-0.1, -0.05) is 48.5 Å². The zero-order valence-corrected chi connectivity index (χ0v) is 13.1. The monoisotopic (exact) mass is 282 g/mol. The molecule has 0 N–H and O–H groups in total. The largest absolute Gasteiger partial charge is 0.383 e. The van der Waals surface area contributed by atoms with Gasteiger partial charge >= 0.3 is 0 Å². The van der Waals surface area contributed by atoms with E-state index in [1.165, 1.54) is 22.3 Å². The molecular formula is C19H22O2. The number of hydrogen-bond acceptors (Lipinski definition) is 2. The molecule has 0 aliphatic heterocycles. The van der Waals surface area contributed by atoms with Gasteiger partial charge in [0.2, 0.25) is 0 Å². The summed E-state index contributed by atoms with van der Waals surface area (Å²) < 4.78 is 11.6. The molecule has 2 heteroatoms. The van der Waals surface area contributed by atoms with Crippen LogP contribution in [-0.2, 0) is 14.9 Å². The molecule has 0 spiro atoms. The maximum Gasteiger partial charge on any atom is 0.0782 e. The molecule has 0 aromatic heterocycles. The van der Waals surface area contributed by atoms with Crippen molar-refractivity contribution in [2.75, 3.05) is 20.8 Å². The SMILES string of the molecule is COCC1(C(C)(C)OC)c2ccccc2-c2ccccc21. The van der Waals surface area contributed by atoms with E-state index in [4.69, 9.17) is 9.47 Å². The second-order valence-corrected chi connectivity index (χ2v) is 6.14. The highest BCUT2D eigenvalue weighted by molar-refractivity contribution is 5.82. The minimum absolute atomic E-state index is 0.288. The van der Waals surface area contributed by atoms with Crippen LogP contribution in [0.25, 0.3) is 11.1 Å². The van der Waals surface area contributed by atoms with Crippen molar-refractivity contribution in [3.63, 3.8) is 0 Å². The second kappa shape index (κ2) is 4.97. The average molecular weight is 282 g/mol. The van der Waals surface area contributed by atoms with Gasteiger partial charge in [-0.25, -0.2) is 0 Å². The maximum atomic E-state index is 5.91. The smallest absolute Gasteiger partial charge is 0.0782 e. The van der Waals surface area contributed by atoms with E-state index in [0.717, 1.165) is 0 Å². The van der Waals surface area contributed by atoms with E-state index in [1.54, 1.807) is 14.2 Å². The van der Waals surface area contributed by atoms with Crippen molar-refractivity contribution in [3.05, 3.63) is 59.7 Å². The number of fused-ring (bicyclic) bond motifs is 3. The second-order valence-electron chi connectivity index (χ2n) is 6.14. The molecule has 2 aromatic carbocycles. The Bertz CT molecular complexity index is 613. The van der Waals surface area contributed by atoms with E-state index in [0.29, 0.717) is 6.61 Å². The molecule has 2 nitrogen and oxygen atoms in total. The van der Waals surface area contributed by atoms with Crippen LogP contribution in [0.4, 0.5) is 0 Å². The Kier molecular flexibility index (Phi) is 3.39. The fourth-order valence-electron chi connectivity index (χ4n) is 3.69. The molecule has 110 valence electrons. The first kappa shape index (κ1) is 14.3. The first-order chi connectivity index (χ1) is 10.1. The molecule has 0 radical (unpaired) electrons. The number of hydrogen-bond donors (Lipinski definition) is 0. The van der Waals surface area contributed by atoms with Gasteiger partial charge in [0.1, 0.15) is 0 Å². The number of ether oxygens (including phenoxy) is 2. The van der Waals surface area contributed by atoms with Gasteiger partial charge in [0, 0.05) is 14.2 Å². The molecule has 3 rings (SSSR count). The first-order valence-electron chi connectivity index (χ1n) is 7.32. The summed E-state index contributed by atoms with van der Waals surface area (Å²) in [4.78, 5) is 0. The minimum Gasteiger partial charge on any atom is -0.383 e. The van der Waals surface area contributed by atoms with Crippen molar-refractivity contribution in [1.82, 2.24) is 0 Å². The van der Waals surface area contributed by atoms with Crippen LogP contribution >= 0.6 is 0 Å². The predicted molar refractivity (Wildman–Crippen MR) is 85.6 cm³/mol. The highest BCUT2D eigenvalue weighted by Crippen LogP contribution is 2.54. The summed E-state index contributed by atoms with van der Waals surface area (Å²) in [6, 6.07) is 17.2. The van der Waals surface area contributed by atoms with Crippen molar-refractivity contribution in [3.8, 4) is 11.1 Å². The predicted octanol–water partition coefficient (Wildman–Crippen LogP) is 4.02. The number of benzene rings is 2. The molecule has 1 aliphatic rings. The normalized spacial score (nSPS) is 15.6. The average Bonchev–Trinajstić information content (AvgIpc) is 2.80. The fraction of sp³-hybridized carbons (Fsp3) is 0.368. The van der Waals surface area contributed by atoms with Crippen molar-refractivity contribution >= 4 is 0 Å². The molecule has 0 amide bonds. The highest BCUT2D eigenvalue weighted by atomic mass is 16.5. The lowest BCUT2D eigenvalue weighted by Gasteiger charge is -2.44. The molecule has 0 saturated heterocycles. The van der Waals surface area contributed by atoms with E-state index >= 15 is 0 Å². The van der Waals surface area contributed by atoms with Gasteiger partial charge in [-0.3, -0.25) is 0 Å². The van der Waals surface area contributed by atoms with Crippen LogP contribution in [0, 0.1) is 0 Å². The van der Waals surface area contributed by atoms with E-state index in [-0.39, 0.29) is 11.0 Å². The van der Waals surface area contributed by atoms with Crippen LogP contribution < -0.4 is 0 Å². The van der Waals surface area contributed by atoms with Gasteiger partial charge in [0.05, 0.1) is 17.6 Å². The van der Waals surface area contributed by atoms with Gasteiger partial charge in [-0.15, -0.1) is 0 Å². The van der Waals surface area contributed by atoms with E-state index in [1.807, 2.05) is 0 Å². The first-order valence-corrected chi connectivity index (χ1v) is 7.32. The maximum absolute atomic E-state index is 5.91. The summed E-state index contributed by atoms with van der Waals surface area (Å²) >= 11 is 0. The summed E-state index contributed by atoms with van der Waals surface area (Å²) in [5, 5.41) is 0. The van der Waals surface area contributed by atoms with E-state index < -0.39 is 0 Å². The Labute approximate surface area is 126 Å². The zero-order valence-electron chi connectivity index (χ0n) is 13.1. The molecule has 2 aromatic rings. The van der Waals surface area contributed by atoms with Crippen LogP contribution in [0.5, 0.6) is 0 Å². The van der Waals surface area contributed by atoms with Crippen molar-refractivity contribution in [2.45, 2.75) is 24.9 Å². The lowest BCUT2D eigenvalue weighted by atomic mass is 9.67. The Hall–Kier alpha value is -1.64. The summed E-state index contributed by atoms with van der Waals surface area (Å²) in [5.41, 5.74) is 4.50. The third-order valence-corrected chi connectivity index (χ3v) is 4.96. The van der Waals surface area contributed by atoms with Gasteiger partial charge in [-0.2, -0.15) is 0 Å². The van der Waals surface area contributed by atoms with Gasteiger partial charge in [-0.05, 0) is 36.1 Å². The van der Waals surface area contributed by atoms with Crippen LogP contribution in [0.15, 0.2) is 48.5 Å². The standard InChI is InChI=1S/C19H22O2/c1-18(2,21-4)19(13-20-3)16-11-7-5-9-14(16)15-10-6-8-12-17(15)19/h5-12H,13H2,1-4H3. The quantitative estimate of drug-likeness (QED) is 0.843. The van der Waals surface area contributed by atoms with E-state index in [9.17, 15) is 0 Å². The zero-order chi connectivity index (χ0) is 15.1. The molecule has 0 fully saturated rings. The van der Waals surface area contributed by atoms with Crippen molar-refractivity contribution < 1.29 is 9.47 Å². The van der Waals surface area contributed by atoms with Crippen LogP contribution in [0.2, 0.25) is 0 Å². The molecule has 0 bridgehead atoms. The number of rotatable bonds is 4. The topological polar surface area (TPSA) is 18.5 Å². The van der Waals surface area contributed by atoms with E-state index in [2.05, 4.69) is 62.4 Å². The van der Waals surface area contributed by atoms with Crippen LogP contribution in [0.3, 0.4) is 0 Å². The summed E-state index contributed by atoms with van der Waals surface area (Å²) in [6.07, 6.45) is 0. The van der Waals surface area contributed by atoms with Gasteiger partial charge in [0.15, 0.2) is 0 Å². The van der Waals surface area contributed by atoms with Gasteiger partial charge in [0.25, 0.3) is 0 Å². The molecule has 0 saturated carbocycles. The third-order valence-electron chi connectivity index (χ3n) is 4.96. The summed E-state index contributed by atoms with van der Waals surface area (Å²) in [6.45, 7) is 4.89. The molecule has 0 unspecified atom stereocenters. The van der Waals surface area contributed by atoms with Crippen LogP contribution in [-0.4, -0.2) is 26.4 Å².